The highest BCUT2D eigenvalue weighted by Gasteiger charge is 2.15. The van der Waals surface area contributed by atoms with Crippen LogP contribution in [-0.2, 0) is 0 Å². The van der Waals surface area contributed by atoms with Crippen LogP contribution in [0, 0.1) is 0 Å². The van der Waals surface area contributed by atoms with Crippen molar-refractivity contribution < 1.29 is 4.79 Å². The molecule has 1 atom stereocenters. The topological polar surface area (TPSA) is 41.1 Å². The summed E-state index contributed by atoms with van der Waals surface area (Å²) in [6.45, 7) is 2.19. The van der Waals surface area contributed by atoms with Gasteiger partial charge in [0.25, 0.3) is 5.91 Å². The Kier molecular flexibility index (Phi) is 5.45. The summed E-state index contributed by atoms with van der Waals surface area (Å²) in [6.07, 6.45) is 2.48. The molecule has 1 amide bonds. The molecule has 3 nitrogen and oxygen atoms in total. The molecule has 0 radical (unpaired) electrons. The summed E-state index contributed by atoms with van der Waals surface area (Å²) in [5, 5.41) is 6.03. The van der Waals surface area contributed by atoms with Gasteiger partial charge in [0.15, 0.2) is 0 Å². The number of benzene rings is 1. The number of piperidine rings is 1. The monoisotopic (exact) mass is 254 g/mol. The van der Waals surface area contributed by atoms with Crippen LogP contribution < -0.4 is 10.6 Å². The third kappa shape index (κ3) is 3.45. The molecule has 1 heterocycles. The molecule has 1 saturated heterocycles. The molecule has 1 aromatic carbocycles. The second kappa shape index (κ2) is 6.62. The quantitative estimate of drug-likeness (QED) is 0.847. The summed E-state index contributed by atoms with van der Waals surface area (Å²) in [5.74, 6) is 0.584. The molecule has 0 saturated carbocycles. The van der Waals surface area contributed by atoms with Crippen molar-refractivity contribution in [2.24, 2.45) is 0 Å². The molecular formula is C13H19ClN2O. The maximum absolute atomic E-state index is 11.4. The Morgan fingerprint density at radius 2 is 2.06 bits per heavy atom. The van der Waals surface area contributed by atoms with Crippen LogP contribution in [0.2, 0.25) is 0 Å². The highest BCUT2D eigenvalue weighted by molar-refractivity contribution is 5.93. The average Bonchev–Trinajstić information content (AvgIpc) is 2.39. The third-order valence-electron chi connectivity index (χ3n) is 3.17. The van der Waals surface area contributed by atoms with Crippen LogP contribution in [0.4, 0.5) is 0 Å². The molecule has 0 spiro atoms. The molecule has 2 N–H and O–H groups in total. The van der Waals surface area contributed by atoms with Crippen LogP contribution in [0.5, 0.6) is 0 Å². The Bertz CT molecular complexity index is 358. The summed E-state index contributed by atoms with van der Waals surface area (Å²) >= 11 is 0. The number of halogens is 1. The second-order valence-corrected chi connectivity index (χ2v) is 4.24. The van der Waals surface area contributed by atoms with E-state index in [1.54, 1.807) is 7.05 Å². The number of nitrogens with one attached hydrogen (secondary N) is 2. The van der Waals surface area contributed by atoms with Crippen molar-refractivity contribution in [2.75, 3.05) is 20.1 Å². The number of carbonyl (C=O) groups is 1. The molecule has 1 aromatic rings. The van der Waals surface area contributed by atoms with Crippen LogP contribution in [0.25, 0.3) is 0 Å². The summed E-state index contributed by atoms with van der Waals surface area (Å²) in [7, 11) is 1.65. The van der Waals surface area contributed by atoms with E-state index in [0.29, 0.717) is 5.92 Å². The predicted molar refractivity (Wildman–Crippen MR) is 71.9 cm³/mol. The van der Waals surface area contributed by atoms with E-state index < -0.39 is 0 Å². The van der Waals surface area contributed by atoms with Gasteiger partial charge in [-0.25, -0.2) is 0 Å². The van der Waals surface area contributed by atoms with Crippen molar-refractivity contribution in [2.45, 2.75) is 18.8 Å². The fourth-order valence-corrected chi connectivity index (χ4v) is 2.19. The molecule has 2 rings (SSSR count). The van der Waals surface area contributed by atoms with Crippen molar-refractivity contribution >= 4 is 18.3 Å². The zero-order valence-electron chi connectivity index (χ0n) is 10.0. The Morgan fingerprint density at radius 1 is 1.35 bits per heavy atom. The van der Waals surface area contributed by atoms with Crippen LogP contribution in [0.3, 0.4) is 0 Å². The average molecular weight is 255 g/mol. The third-order valence-corrected chi connectivity index (χ3v) is 3.17. The molecule has 1 fully saturated rings. The van der Waals surface area contributed by atoms with Gasteiger partial charge < -0.3 is 10.6 Å². The van der Waals surface area contributed by atoms with Crippen molar-refractivity contribution in [3.63, 3.8) is 0 Å². The zero-order chi connectivity index (χ0) is 11.4. The minimum atomic E-state index is -0.0201. The van der Waals surface area contributed by atoms with E-state index in [0.717, 1.165) is 18.7 Å². The standard InChI is InChI=1S/C13H18N2O.ClH/c1-14-13(16)11-6-4-10(5-7-11)12-3-2-8-15-9-12;/h4-7,12,15H,2-3,8-9H2,1H3,(H,14,16);1H/t12-;/m1./s1. The number of carbonyl (C=O) groups excluding carboxylic acids is 1. The molecule has 4 heteroatoms. The first-order chi connectivity index (χ1) is 7.81. The fraction of sp³-hybridized carbons (Fsp3) is 0.462. The maximum Gasteiger partial charge on any atom is 0.251 e. The SMILES string of the molecule is CNC(=O)c1ccc([C@@H]2CCCNC2)cc1.Cl. The lowest BCUT2D eigenvalue weighted by Gasteiger charge is -2.23. The van der Waals surface area contributed by atoms with Gasteiger partial charge in [-0.1, -0.05) is 12.1 Å². The number of rotatable bonds is 2. The van der Waals surface area contributed by atoms with Gasteiger partial charge in [-0.2, -0.15) is 0 Å². The minimum absolute atomic E-state index is 0. The molecule has 17 heavy (non-hydrogen) atoms. The molecule has 0 unspecified atom stereocenters. The Balaban J connectivity index is 0.00000144. The predicted octanol–water partition coefficient (Wildman–Crippen LogP) is 1.94. The summed E-state index contributed by atoms with van der Waals surface area (Å²) in [4.78, 5) is 11.4. The lowest BCUT2D eigenvalue weighted by molar-refractivity contribution is 0.0963. The van der Waals surface area contributed by atoms with Crippen molar-refractivity contribution in [1.82, 2.24) is 10.6 Å². The maximum atomic E-state index is 11.4. The van der Waals surface area contributed by atoms with Gasteiger partial charge >= 0.3 is 0 Å². The van der Waals surface area contributed by atoms with E-state index in [9.17, 15) is 4.79 Å². The first kappa shape index (κ1) is 14.0. The number of hydrogen-bond acceptors (Lipinski definition) is 2. The largest absolute Gasteiger partial charge is 0.355 e. The molecule has 0 bridgehead atoms. The minimum Gasteiger partial charge on any atom is -0.355 e. The van der Waals surface area contributed by atoms with E-state index >= 15 is 0 Å². The van der Waals surface area contributed by atoms with Crippen LogP contribution in [0.1, 0.15) is 34.7 Å². The summed E-state index contributed by atoms with van der Waals surface area (Å²) < 4.78 is 0. The number of hydrogen-bond donors (Lipinski definition) is 2. The summed E-state index contributed by atoms with van der Waals surface area (Å²) in [6, 6.07) is 7.95. The lowest BCUT2D eigenvalue weighted by atomic mass is 9.91. The number of amides is 1. The second-order valence-electron chi connectivity index (χ2n) is 4.24. The van der Waals surface area contributed by atoms with Gasteiger partial charge in [0, 0.05) is 19.2 Å². The zero-order valence-corrected chi connectivity index (χ0v) is 10.8. The van der Waals surface area contributed by atoms with Gasteiger partial charge in [-0.05, 0) is 43.0 Å². The molecule has 1 aliphatic heterocycles. The van der Waals surface area contributed by atoms with Gasteiger partial charge in [0.2, 0.25) is 0 Å². The van der Waals surface area contributed by atoms with Gasteiger partial charge in [-0.3, -0.25) is 4.79 Å². The van der Waals surface area contributed by atoms with Crippen LogP contribution in [0.15, 0.2) is 24.3 Å². The van der Waals surface area contributed by atoms with Gasteiger partial charge in [-0.15, -0.1) is 12.4 Å². The smallest absolute Gasteiger partial charge is 0.251 e. The molecule has 0 aliphatic carbocycles. The normalized spacial score (nSPS) is 19.2. The van der Waals surface area contributed by atoms with Crippen molar-refractivity contribution in [1.29, 1.82) is 0 Å². The molecule has 94 valence electrons. The van der Waals surface area contributed by atoms with Gasteiger partial charge in [0.05, 0.1) is 0 Å². The first-order valence-electron chi connectivity index (χ1n) is 5.84. The first-order valence-corrected chi connectivity index (χ1v) is 5.84. The van der Waals surface area contributed by atoms with Crippen LogP contribution >= 0.6 is 12.4 Å². The lowest BCUT2D eigenvalue weighted by Crippen LogP contribution is -2.28. The Hall–Kier alpha value is -1.06. The molecule has 1 aliphatic rings. The highest BCUT2D eigenvalue weighted by atomic mass is 35.5. The highest BCUT2D eigenvalue weighted by Crippen LogP contribution is 2.23. The Morgan fingerprint density at radius 3 is 2.59 bits per heavy atom. The summed E-state index contributed by atoms with van der Waals surface area (Å²) in [5.41, 5.74) is 2.06. The molecular weight excluding hydrogens is 236 g/mol. The van der Waals surface area contributed by atoms with E-state index in [1.165, 1.54) is 18.4 Å². The Labute approximate surface area is 108 Å². The van der Waals surface area contributed by atoms with Crippen LogP contribution in [-0.4, -0.2) is 26.0 Å². The fourth-order valence-electron chi connectivity index (χ4n) is 2.19. The van der Waals surface area contributed by atoms with Crippen molar-refractivity contribution in [3.05, 3.63) is 35.4 Å². The van der Waals surface area contributed by atoms with E-state index in [-0.39, 0.29) is 18.3 Å². The van der Waals surface area contributed by atoms with E-state index in [1.807, 2.05) is 12.1 Å². The van der Waals surface area contributed by atoms with Crippen molar-refractivity contribution in [3.8, 4) is 0 Å². The van der Waals surface area contributed by atoms with E-state index in [2.05, 4.69) is 22.8 Å². The van der Waals surface area contributed by atoms with E-state index in [4.69, 9.17) is 0 Å². The molecule has 0 aromatic heterocycles. The van der Waals surface area contributed by atoms with Gasteiger partial charge in [0.1, 0.15) is 0 Å².